The zero-order chi connectivity index (χ0) is 11.8. The Bertz CT molecular complexity index is 690. The molecule has 1 aromatic carbocycles. The molecule has 3 rings (SSSR count). The molecule has 0 aliphatic rings. The molecule has 0 amide bonds. The molecule has 5 heteroatoms. The summed E-state index contributed by atoms with van der Waals surface area (Å²) in [5.74, 6) is 0.741. The Morgan fingerprint density at radius 1 is 1.12 bits per heavy atom. The van der Waals surface area contributed by atoms with E-state index in [1.54, 1.807) is 16.8 Å². The molecule has 0 aliphatic carbocycles. The first-order chi connectivity index (χ1) is 8.27. The molecule has 0 atom stereocenters. The summed E-state index contributed by atoms with van der Waals surface area (Å²) < 4.78 is 1.79. The fourth-order valence-corrected chi connectivity index (χ4v) is 2.03. The Balaban J connectivity index is 2.36. The van der Waals surface area contributed by atoms with Crippen LogP contribution in [0.2, 0.25) is 5.15 Å². The summed E-state index contributed by atoms with van der Waals surface area (Å²) in [5, 5.41) is 8.74. The monoisotopic (exact) mass is 244 g/mol. The summed E-state index contributed by atoms with van der Waals surface area (Å²) in [6.45, 7) is 2.03. The van der Waals surface area contributed by atoms with Gasteiger partial charge in [0.15, 0.2) is 11.5 Å². The van der Waals surface area contributed by atoms with Crippen molar-refractivity contribution < 1.29 is 0 Å². The van der Waals surface area contributed by atoms with Gasteiger partial charge < -0.3 is 0 Å². The van der Waals surface area contributed by atoms with E-state index in [9.17, 15) is 0 Å². The maximum absolute atomic E-state index is 6.13. The van der Waals surface area contributed by atoms with Crippen LogP contribution < -0.4 is 0 Å². The van der Waals surface area contributed by atoms with E-state index in [0.717, 1.165) is 17.0 Å². The van der Waals surface area contributed by atoms with Crippen LogP contribution in [-0.4, -0.2) is 19.6 Å². The molecule has 3 aromatic rings. The van der Waals surface area contributed by atoms with Gasteiger partial charge in [0.1, 0.15) is 5.15 Å². The molecule has 0 aliphatic heterocycles. The van der Waals surface area contributed by atoms with Crippen LogP contribution in [0.3, 0.4) is 0 Å². The van der Waals surface area contributed by atoms with Gasteiger partial charge in [0.05, 0.1) is 12.4 Å². The predicted octanol–water partition coefficient (Wildman–Crippen LogP) is 2.75. The smallest absolute Gasteiger partial charge is 0.180 e. The number of aromatic nitrogens is 4. The number of halogens is 1. The number of hydrogen-bond donors (Lipinski definition) is 0. The van der Waals surface area contributed by atoms with Gasteiger partial charge in [-0.1, -0.05) is 35.9 Å². The van der Waals surface area contributed by atoms with Crippen molar-refractivity contribution in [2.45, 2.75) is 6.92 Å². The summed E-state index contributed by atoms with van der Waals surface area (Å²) in [6, 6.07) is 8.00. The molecular weight excluding hydrogens is 236 g/mol. The van der Waals surface area contributed by atoms with Crippen LogP contribution in [0.15, 0.2) is 36.7 Å². The maximum Gasteiger partial charge on any atom is 0.180 e. The number of nitrogens with zero attached hydrogens (tertiary/aromatic N) is 4. The van der Waals surface area contributed by atoms with Gasteiger partial charge in [-0.3, -0.25) is 9.38 Å². The molecule has 0 fully saturated rings. The SMILES string of the molecule is Cc1ccccc1-c1nnc2cncc(Cl)n12. The van der Waals surface area contributed by atoms with Crippen molar-refractivity contribution in [1.82, 2.24) is 19.6 Å². The van der Waals surface area contributed by atoms with Gasteiger partial charge in [-0.15, -0.1) is 10.2 Å². The minimum absolute atomic E-state index is 0.505. The zero-order valence-electron chi connectivity index (χ0n) is 9.13. The van der Waals surface area contributed by atoms with Crippen LogP contribution in [0.1, 0.15) is 5.56 Å². The number of hydrogen-bond acceptors (Lipinski definition) is 3. The largest absolute Gasteiger partial charge is 0.262 e. The molecule has 0 saturated carbocycles. The van der Waals surface area contributed by atoms with Crippen LogP contribution in [-0.2, 0) is 0 Å². The molecular formula is C12H9ClN4. The molecule has 0 bridgehead atoms. The highest BCUT2D eigenvalue weighted by atomic mass is 35.5. The van der Waals surface area contributed by atoms with Gasteiger partial charge in [-0.2, -0.15) is 0 Å². The van der Waals surface area contributed by atoms with Crippen LogP contribution in [0.4, 0.5) is 0 Å². The first-order valence-corrected chi connectivity index (χ1v) is 5.56. The third-order valence-electron chi connectivity index (χ3n) is 2.66. The maximum atomic E-state index is 6.13. The average Bonchev–Trinajstić information content (AvgIpc) is 2.75. The second-order valence-electron chi connectivity index (χ2n) is 3.76. The van der Waals surface area contributed by atoms with Crippen LogP contribution >= 0.6 is 11.6 Å². The summed E-state index contributed by atoms with van der Waals surface area (Å²) in [4.78, 5) is 3.99. The van der Waals surface area contributed by atoms with E-state index in [0.29, 0.717) is 10.8 Å². The van der Waals surface area contributed by atoms with Gasteiger partial charge >= 0.3 is 0 Å². The Labute approximate surface area is 103 Å². The van der Waals surface area contributed by atoms with Crippen molar-refractivity contribution in [2.24, 2.45) is 0 Å². The minimum atomic E-state index is 0.505. The van der Waals surface area contributed by atoms with Gasteiger partial charge in [-0.05, 0) is 12.5 Å². The second-order valence-corrected chi connectivity index (χ2v) is 4.15. The first kappa shape index (κ1) is 10.2. The van der Waals surface area contributed by atoms with E-state index in [1.165, 1.54) is 0 Å². The minimum Gasteiger partial charge on any atom is -0.262 e. The van der Waals surface area contributed by atoms with E-state index in [-0.39, 0.29) is 0 Å². The standard InChI is InChI=1S/C12H9ClN4/c1-8-4-2-3-5-9(8)12-16-15-11-7-14-6-10(13)17(11)12/h2-7H,1H3. The number of benzene rings is 1. The molecule has 84 valence electrons. The Hall–Kier alpha value is -1.94. The highest BCUT2D eigenvalue weighted by Gasteiger charge is 2.12. The Morgan fingerprint density at radius 3 is 2.76 bits per heavy atom. The fraction of sp³-hybridized carbons (Fsp3) is 0.0833. The topological polar surface area (TPSA) is 43.1 Å². The number of rotatable bonds is 1. The van der Waals surface area contributed by atoms with Crippen molar-refractivity contribution in [2.75, 3.05) is 0 Å². The fourth-order valence-electron chi connectivity index (χ4n) is 1.81. The second kappa shape index (κ2) is 3.82. The molecule has 0 radical (unpaired) electrons. The van der Waals surface area contributed by atoms with E-state index in [1.807, 2.05) is 31.2 Å². The zero-order valence-corrected chi connectivity index (χ0v) is 9.89. The molecule has 17 heavy (non-hydrogen) atoms. The lowest BCUT2D eigenvalue weighted by Gasteiger charge is -2.04. The first-order valence-electron chi connectivity index (χ1n) is 5.18. The highest BCUT2D eigenvalue weighted by molar-refractivity contribution is 6.29. The third kappa shape index (κ3) is 1.57. The van der Waals surface area contributed by atoms with E-state index in [4.69, 9.17) is 11.6 Å². The number of aryl methyl sites for hydroxylation is 1. The van der Waals surface area contributed by atoms with E-state index < -0.39 is 0 Å². The van der Waals surface area contributed by atoms with Gasteiger partial charge in [0.25, 0.3) is 0 Å². The normalized spacial score (nSPS) is 10.9. The molecule has 2 aromatic heterocycles. The molecule has 0 N–H and O–H groups in total. The Kier molecular flexibility index (Phi) is 2.30. The lowest BCUT2D eigenvalue weighted by Crippen LogP contribution is -1.93. The van der Waals surface area contributed by atoms with Gasteiger partial charge in [0, 0.05) is 5.56 Å². The molecule has 2 heterocycles. The lowest BCUT2D eigenvalue weighted by atomic mass is 10.1. The van der Waals surface area contributed by atoms with E-state index >= 15 is 0 Å². The van der Waals surface area contributed by atoms with Crippen molar-refractivity contribution in [3.8, 4) is 11.4 Å². The van der Waals surface area contributed by atoms with Gasteiger partial charge in [-0.25, -0.2) is 0 Å². The summed E-state index contributed by atoms with van der Waals surface area (Å²) in [5.41, 5.74) is 2.80. The van der Waals surface area contributed by atoms with Crippen molar-refractivity contribution >= 4 is 17.2 Å². The average molecular weight is 245 g/mol. The molecule has 0 saturated heterocycles. The summed E-state index contributed by atoms with van der Waals surface area (Å²) in [6.07, 6.45) is 3.22. The molecule has 0 spiro atoms. The number of fused-ring (bicyclic) bond motifs is 1. The lowest BCUT2D eigenvalue weighted by molar-refractivity contribution is 1.10. The van der Waals surface area contributed by atoms with Crippen LogP contribution in [0, 0.1) is 6.92 Å². The molecule has 0 unspecified atom stereocenters. The van der Waals surface area contributed by atoms with Crippen LogP contribution in [0.25, 0.3) is 17.0 Å². The third-order valence-corrected chi connectivity index (χ3v) is 2.93. The van der Waals surface area contributed by atoms with Gasteiger partial charge in [0.2, 0.25) is 0 Å². The quantitative estimate of drug-likeness (QED) is 0.661. The van der Waals surface area contributed by atoms with E-state index in [2.05, 4.69) is 15.2 Å². The highest BCUT2D eigenvalue weighted by Crippen LogP contribution is 2.24. The summed E-state index contributed by atoms with van der Waals surface area (Å²) >= 11 is 6.13. The van der Waals surface area contributed by atoms with Crippen molar-refractivity contribution in [1.29, 1.82) is 0 Å². The molecule has 4 nitrogen and oxygen atoms in total. The Morgan fingerprint density at radius 2 is 1.94 bits per heavy atom. The van der Waals surface area contributed by atoms with Crippen molar-refractivity contribution in [3.63, 3.8) is 0 Å². The predicted molar refractivity (Wildman–Crippen MR) is 66.0 cm³/mol. The van der Waals surface area contributed by atoms with Crippen molar-refractivity contribution in [3.05, 3.63) is 47.4 Å². The summed E-state index contributed by atoms with van der Waals surface area (Å²) in [7, 11) is 0. The van der Waals surface area contributed by atoms with Crippen LogP contribution in [0.5, 0.6) is 0 Å².